The second-order valence-corrected chi connectivity index (χ2v) is 11.4. The maximum atomic E-state index is 13.9. The van der Waals surface area contributed by atoms with Crippen LogP contribution in [0.2, 0.25) is 0 Å². The first-order valence-corrected chi connectivity index (χ1v) is 14.4. The average Bonchev–Trinajstić information content (AvgIpc) is 3.16. The molecular weight excluding hydrogens is 476 g/mol. The van der Waals surface area contributed by atoms with Crippen molar-refractivity contribution in [2.45, 2.75) is 101 Å². The zero-order valence-corrected chi connectivity index (χ0v) is 22.0. The van der Waals surface area contributed by atoms with E-state index in [1.165, 1.54) is 57.8 Å². The number of benzene rings is 2. The Kier molecular flexibility index (Phi) is 7.20. The molecule has 2 bridgehead atoms. The highest BCUT2D eigenvalue weighted by Gasteiger charge is 2.44. The minimum absolute atomic E-state index is 0.0605. The fourth-order valence-electron chi connectivity index (χ4n) is 7.31. The number of piperidine rings is 1. The number of para-hydroxylation sites is 2. The van der Waals surface area contributed by atoms with Gasteiger partial charge in [-0.25, -0.2) is 9.78 Å². The lowest BCUT2D eigenvalue weighted by molar-refractivity contribution is 0.0498. The van der Waals surface area contributed by atoms with Crippen LogP contribution < -0.4 is 10.9 Å². The lowest BCUT2D eigenvalue weighted by atomic mass is 9.89. The molecule has 3 atom stereocenters. The number of nitrogens with one attached hydrogen (secondary N) is 1. The zero-order valence-electron chi connectivity index (χ0n) is 22.0. The summed E-state index contributed by atoms with van der Waals surface area (Å²) in [5, 5.41) is 12.4. The average molecular weight is 515 g/mol. The van der Waals surface area contributed by atoms with Gasteiger partial charge in [-0.15, -0.1) is 0 Å². The molecule has 200 valence electrons. The predicted octanol–water partition coefficient (Wildman–Crippen LogP) is 5.99. The van der Waals surface area contributed by atoms with Gasteiger partial charge in [0.15, 0.2) is 5.82 Å². The van der Waals surface area contributed by atoms with Gasteiger partial charge in [0.1, 0.15) is 0 Å². The maximum Gasteiger partial charge on any atom is 0.335 e. The topological polar surface area (TPSA) is 87.5 Å². The van der Waals surface area contributed by atoms with E-state index in [1.807, 2.05) is 28.8 Å². The minimum atomic E-state index is -0.946. The quantitative estimate of drug-likeness (QED) is 0.420. The molecule has 2 saturated heterocycles. The van der Waals surface area contributed by atoms with E-state index in [4.69, 9.17) is 10.1 Å². The molecule has 0 spiro atoms. The van der Waals surface area contributed by atoms with Crippen molar-refractivity contribution in [3.8, 4) is 0 Å². The summed E-state index contributed by atoms with van der Waals surface area (Å²) in [7, 11) is 0. The first-order chi connectivity index (χ1) is 18.6. The molecular formula is C31H38N4O3. The van der Waals surface area contributed by atoms with Crippen molar-refractivity contribution in [1.29, 1.82) is 0 Å². The van der Waals surface area contributed by atoms with Crippen LogP contribution in [-0.2, 0) is 6.54 Å². The summed E-state index contributed by atoms with van der Waals surface area (Å²) >= 11 is 0. The first-order valence-electron chi connectivity index (χ1n) is 14.4. The van der Waals surface area contributed by atoms with Crippen LogP contribution in [0.5, 0.6) is 0 Å². The number of rotatable bonds is 6. The molecule has 7 heteroatoms. The van der Waals surface area contributed by atoms with Gasteiger partial charge in [-0.3, -0.25) is 9.69 Å². The van der Waals surface area contributed by atoms with Crippen LogP contribution in [0.4, 0.5) is 5.82 Å². The molecule has 0 radical (unpaired) electrons. The van der Waals surface area contributed by atoms with E-state index in [0.29, 0.717) is 30.5 Å². The predicted molar refractivity (Wildman–Crippen MR) is 150 cm³/mol. The van der Waals surface area contributed by atoms with E-state index >= 15 is 0 Å². The lowest BCUT2D eigenvalue weighted by Crippen LogP contribution is -2.50. The highest BCUT2D eigenvalue weighted by molar-refractivity contribution is 5.87. The largest absolute Gasteiger partial charge is 0.478 e. The van der Waals surface area contributed by atoms with Crippen molar-refractivity contribution in [1.82, 2.24) is 14.5 Å². The van der Waals surface area contributed by atoms with Crippen molar-refractivity contribution >= 4 is 22.8 Å². The number of hydrogen-bond acceptors (Lipinski definition) is 5. The normalized spacial score (nSPS) is 24.7. The van der Waals surface area contributed by atoms with E-state index in [-0.39, 0.29) is 17.2 Å². The van der Waals surface area contributed by atoms with E-state index in [2.05, 4.69) is 10.2 Å². The van der Waals surface area contributed by atoms with Gasteiger partial charge in [0.2, 0.25) is 0 Å². The lowest BCUT2D eigenvalue weighted by Gasteiger charge is -2.45. The molecule has 38 heavy (non-hydrogen) atoms. The fraction of sp³-hybridized carbons (Fsp3) is 0.516. The number of anilines is 1. The van der Waals surface area contributed by atoms with E-state index < -0.39 is 5.97 Å². The molecule has 3 heterocycles. The van der Waals surface area contributed by atoms with E-state index in [9.17, 15) is 9.59 Å². The monoisotopic (exact) mass is 514 g/mol. The Hall–Kier alpha value is -3.19. The SMILES string of the molecule is O=C(O)c1ccc(CNc2nc3ccccc3n([C@H]3C[C@H]4CC[C@@H](C3)N4C3CCCCCCC3)c2=O)cc1. The number of carboxylic acids is 1. The molecule has 2 N–H and O–H groups in total. The smallest absolute Gasteiger partial charge is 0.335 e. The number of fused-ring (bicyclic) bond motifs is 3. The fourth-order valence-corrected chi connectivity index (χ4v) is 7.31. The standard InChI is InChI=1S/C31H38N4O3/c36-30-29(32-20-21-12-14-22(15-13-21)31(37)38)33-27-10-6-7-11-28(27)35(30)26-18-24-16-17-25(19-26)34(24)23-8-4-2-1-3-5-9-23/h6-7,10-15,23-26H,1-5,8-9,16-20H2,(H,32,33)(H,37,38)/t24-,25+,26+. The molecule has 3 aliphatic rings. The molecule has 1 aliphatic carbocycles. The van der Waals surface area contributed by atoms with Gasteiger partial charge in [0.05, 0.1) is 16.6 Å². The Bertz CT molecular complexity index is 1330. The number of nitrogens with zero attached hydrogens (tertiary/aromatic N) is 3. The van der Waals surface area contributed by atoms with Crippen molar-refractivity contribution in [2.75, 3.05) is 5.32 Å². The van der Waals surface area contributed by atoms with Crippen molar-refractivity contribution in [2.24, 2.45) is 0 Å². The molecule has 1 saturated carbocycles. The molecule has 6 rings (SSSR count). The minimum Gasteiger partial charge on any atom is -0.478 e. The van der Waals surface area contributed by atoms with Crippen LogP contribution in [0.3, 0.4) is 0 Å². The van der Waals surface area contributed by atoms with Gasteiger partial charge < -0.3 is 15.0 Å². The molecule has 1 aromatic heterocycles. The Morgan fingerprint density at radius 2 is 1.50 bits per heavy atom. The van der Waals surface area contributed by atoms with Crippen molar-refractivity contribution in [3.63, 3.8) is 0 Å². The van der Waals surface area contributed by atoms with Gasteiger partial charge >= 0.3 is 5.97 Å². The molecule has 2 aliphatic heterocycles. The Labute approximate surface area is 223 Å². The van der Waals surface area contributed by atoms with Crippen LogP contribution in [-0.4, -0.2) is 43.7 Å². The van der Waals surface area contributed by atoms with Gasteiger partial charge in [-0.1, -0.05) is 56.4 Å². The summed E-state index contributed by atoms with van der Waals surface area (Å²) < 4.78 is 2.03. The summed E-state index contributed by atoms with van der Waals surface area (Å²) in [6, 6.07) is 16.7. The van der Waals surface area contributed by atoms with Crippen LogP contribution in [0, 0.1) is 0 Å². The summed E-state index contributed by atoms with van der Waals surface area (Å²) in [5.41, 5.74) is 2.83. The zero-order chi connectivity index (χ0) is 26.1. The highest BCUT2D eigenvalue weighted by atomic mass is 16.4. The molecule has 7 nitrogen and oxygen atoms in total. The summed E-state index contributed by atoms with van der Waals surface area (Å²) in [6.07, 6.45) is 14.0. The van der Waals surface area contributed by atoms with Crippen LogP contribution in [0.1, 0.15) is 92.6 Å². The first kappa shape index (κ1) is 25.1. The van der Waals surface area contributed by atoms with Gasteiger partial charge in [0, 0.05) is 30.7 Å². The Morgan fingerprint density at radius 1 is 0.842 bits per heavy atom. The highest BCUT2D eigenvalue weighted by Crippen LogP contribution is 2.44. The Balaban J connectivity index is 1.26. The summed E-state index contributed by atoms with van der Waals surface area (Å²) in [4.78, 5) is 32.6. The van der Waals surface area contributed by atoms with Crippen LogP contribution in [0.25, 0.3) is 11.0 Å². The molecule has 0 unspecified atom stereocenters. The van der Waals surface area contributed by atoms with Crippen LogP contribution >= 0.6 is 0 Å². The second-order valence-electron chi connectivity index (χ2n) is 11.4. The number of carbonyl (C=O) groups is 1. The molecule has 3 aromatic rings. The molecule has 3 fully saturated rings. The third-order valence-electron chi connectivity index (χ3n) is 9.08. The number of carboxylic acid groups (broad SMARTS) is 1. The van der Waals surface area contributed by atoms with Crippen molar-refractivity contribution < 1.29 is 9.90 Å². The maximum absolute atomic E-state index is 13.9. The summed E-state index contributed by atoms with van der Waals surface area (Å²) in [5.74, 6) is -0.584. The number of aromatic nitrogens is 2. The summed E-state index contributed by atoms with van der Waals surface area (Å²) in [6.45, 7) is 0.409. The van der Waals surface area contributed by atoms with Gasteiger partial charge in [-0.05, 0) is 68.4 Å². The van der Waals surface area contributed by atoms with Gasteiger partial charge in [0.25, 0.3) is 5.56 Å². The van der Waals surface area contributed by atoms with E-state index in [1.54, 1.807) is 24.3 Å². The second kappa shape index (κ2) is 10.9. The number of aromatic carboxylic acids is 1. The van der Waals surface area contributed by atoms with Gasteiger partial charge in [-0.2, -0.15) is 0 Å². The number of hydrogen-bond donors (Lipinski definition) is 2. The molecule has 2 aromatic carbocycles. The van der Waals surface area contributed by atoms with Crippen LogP contribution in [0.15, 0.2) is 53.3 Å². The Morgan fingerprint density at radius 3 is 2.18 bits per heavy atom. The van der Waals surface area contributed by atoms with E-state index in [0.717, 1.165) is 29.4 Å². The van der Waals surface area contributed by atoms with Crippen molar-refractivity contribution in [3.05, 3.63) is 70.0 Å². The molecule has 0 amide bonds. The third-order valence-corrected chi connectivity index (χ3v) is 9.08. The third kappa shape index (κ3) is 4.96.